The van der Waals surface area contributed by atoms with Crippen LogP contribution in [0.25, 0.3) is 0 Å². The molecule has 1 aromatic heterocycles. The summed E-state index contributed by atoms with van der Waals surface area (Å²) in [6, 6.07) is 4.74. The van der Waals surface area contributed by atoms with E-state index >= 15 is 0 Å². The van der Waals surface area contributed by atoms with E-state index in [1.165, 1.54) is 4.88 Å². The average Bonchev–Trinajstić information content (AvgIpc) is 2.68. The number of rotatable bonds is 3. The molecule has 1 N–H and O–H groups in total. The predicted molar refractivity (Wildman–Crippen MR) is 66.8 cm³/mol. The van der Waals surface area contributed by atoms with Crippen molar-refractivity contribution in [3.8, 4) is 0 Å². The molecule has 84 valence electrons. The number of hydrogen-bond acceptors (Lipinski definition) is 3. The van der Waals surface area contributed by atoms with Gasteiger partial charge in [-0.2, -0.15) is 0 Å². The van der Waals surface area contributed by atoms with Gasteiger partial charge >= 0.3 is 0 Å². The summed E-state index contributed by atoms with van der Waals surface area (Å²) in [5.74, 6) is 0. The smallest absolute Gasteiger partial charge is 0.0931 e. The lowest BCUT2D eigenvalue weighted by atomic mass is 10.1. The Hall–Kier alpha value is -0.0900. The Balaban J connectivity index is 2.08. The highest BCUT2D eigenvalue weighted by molar-refractivity contribution is 7.16. The minimum absolute atomic E-state index is 0.560. The molecule has 0 aromatic carbocycles. The summed E-state index contributed by atoms with van der Waals surface area (Å²) in [7, 11) is 0. The molecule has 2 heterocycles. The van der Waals surface area contributed by atoms with E-state index in [1.807, 2.05) is 6.07 Å². The van der Waals surface area contributed by atoms with E-state index in [0.717, 1.165) is 36.9 Å². The zero-order valence-corrected chi connectivity index (χ0v) is 10.6. The number of halogens is 1. The molecule has 0 radical (unpaired) electrons. The summed E-state index contributed by atoms with van der Waals surface area (Å²) < 4.78 is 0.901. The first-order chi connectivity index (χ1) is 7.31. The maximum Gasteiger partial charge on any atom is 0.0931 e. The second kappa shape index (κ2) is 5.30. The Kier molecular flexibility index (Phi) is 4.03. The SMILES string of the molecule is CC[C@@H](c1ccc(Cl)s1)N1CCNCC1. The number of nitrogens with zero attached hydrogens (tertiary/aromatic N) is 1. The van der Waals surface area contributed by atoms with Gasteiger partial charge in [0, 0.05) is 37.1 Å². The molecular weight excluding hydrogens is 228 g/mol. The van der Waals surface area contributed by atoms with E-state index in [9.17, 15) is 0 Å². The highest BCUT2D eigenvalue weighted by atomic mass is 35.5. The fourth-order valence-corrected chi connectivity index (χ4v) is 3.42. The van der Waals surface area contributed by atoms with Gasteiger partial charge in [-0.3, -0.25) is 4.90 Å². The summed E-state index contributed by atoms with van der Waals surface area (Å²) in [5, 5.41) is 3.39. The topological polar surface area (TPSA) is 15.3 Å². The molecule has 0 spiro atoms. The van der Waals surface area contributed by atoms with E-state index in [2.05, 4.69) is 23.2 Å². The first kappa shape index (κ1) is 11.4. The Labute approximate surface area is 100 Å². The van der Waals surface area contributed by atoms with Crippen molar-refractivity contribution in [1.82, 2.24) is 10.2 Å². The largest absolute Gasteiger partial charge is 0.314 e. The van der Waals surface area contributed by atoms with Gasteiger partial charge in [-0.05, 0) is 18.6 Å². The van der Waals surface area contributed by atoms with Crippen molar-refractivity contribution in [3.05, 3.63) is 21.3 Å². The molecule has 0 amide bonds. The van der Waals surface area contributed by atoms with Crippen molar-refractivity contribution in [2.75, 3.05) is 26.2 Å². The summed E-state index contributed by atoms with van der Waals surface area (Å²) >= 11 is 7.71. The monoisotopic (exact) mass is 244 g/mol. The quantitative estimate of drug-likeness (QED) is 0.880. The Morgan fingerprint density at radius 2 is 2.20 bits per heavy atom. The van der Waals surface area contributed by atoms with Gasteiger partial charge in [-0.1, -0.05) is 18.5 Å². The van der Waals surface area contributed by atoms with E-state index in [-0.39, 0.29) is 0 Å². The first-order valence-electron chi connectivity index (χ1n) is 5.51. The number of nitrogens with one attached hydrogen (secondary N) is 1. The molecule has 1 aliphatic rings. The molecule has 0 saturated carbocycles. The van der Waals surface area contributed by atoms with Crippen molar-refractivity contribution in [2.45, 2.75) is 19.4 Å². The standard InChI is InChI=1S/C11H17ClN2S/c1-2-9(10-3-4-11(12)15-10)14-7-5-13-6-8-14/h3-4,9,13H,2,5-8H2,1H3/t9-/m0/s1. The van der Waals surface area contributed by atoms with Gasteiger partial charge in [0.2, 0.25) is 0 Å². The highest BCUT2D eigenvalue weighted by Crippen LogP contribution is 2.32. The van der Waals surface area contributed by atoms with Crippen LogP contribution >= 0.6 is 22.9 Å². The number of thiophene rings is 1. The van der Waals surface area contributed by atoms with Gasteiger partial charge in [0.05, 0.1) is 4.34 Å². The lowest BCUT2D eigenvalue weighted by Gasteiger charge is -2.33. The summed E-state index contributed by atoms with van der Waals surface area (Å²) in [5.41, 5.74) is 0. The summed E-state index contributed by atoms with van der Waals surface area (Å²) in [6.07, 6.45) is 1.16. The zero-order chi connectivity index (χ0) is 10.7. The lowest BCUT2D eigenvalue weighted by molar-refractivity contribution is 0.172. The molecule has 4 heteroatoms. The predicted octanol–water partition coefficient (Wildman–Crippen LogP) is 2.76. The molecule has 1 fully saturated rings. The van der Waals surface area contributed by atoms with Crippen LogP contribution in [0.1, 0.15) is 24.3 Å². The maximum absolute atomic E-state index is 5.99. The van der Waals surface area contributed by atoms with Gasteiger partial charge in [0.15, 0.2) is 0 Å². The average molecular weight is 245 g/mol. The van der Waals surface area contributed by atoms with Gasteiger partial charge in [0.1, 0.15) is 0 Å². The summed E-state index contributed by atoms with van der Waals surface area (Å²) in [6.45, 7) is 6.76. The van der Waals surface area contributed by atoms with Gasteiger partial charge < -0.3 is 5.32 Å². The van der Waals surface area contributed by atoms with Crippen molar-refractivity contribution in [1.29, 1.82) is 0 Å². The van der Waals surface area contributed by atoms with Crippen LogP contribution in [-0.2, 0) is 0 Å². The van der Waals surface area contributed by atoms with Crippen LogP contribution in [0.2, 0.25) is 4.34 Å². The van der Waals surface area contributed by atoms with Crippen LogP contribution in [-0.4, -0.2) is 31.1 Å². The van der Waals surface area contributed by atoms with Gasteiger partial charge in [0.25, 0.3) is 0 Å². The molecule has 2 nitrogen and oxygen atoms in total. The summed E-state index contributed by atoms with van der Waals surface area (Å²) in [4.78, 5) is 3.96. The van der Waals surface area contributed by atoms with Gasteiger partial charge in [-0.15, -0.1) is 11.3 Å². The van der Waals surface area contributed by atoms with Gasteiger partial charge in [-0.25, -0.2) is 0 Å². The Morgan fingerprint density at radius 1 is 1.47 bits per heavy atom. The molecule has 1 saturated heterocycles. The minimum Gasteiger partial charge on any atom is -0.314 e. The van der Waals surface area contributed by atoms with Crippen molar-refractivity contribution in [3.63, 3.8) is 0 Å². The molecule has 0 unspecified atom stereocenters. The molecule has 2 rings (SSSR count). The molecule has 1 aliphatic heterocycles. The molecule has 0 aliphatic carbocycles. The molecule has 15 heavy (non-hydrogen) atoms. The fraction of sp³-hybridized carbons (Fsp3) is 0.636. The molecular formula is C11H17ClN2S. The maximum atomic E-state index is 5.99. The highest BCUT2D eigenvalue weighted by Gasteiger charge is 2.21. The molecule has 1 aromatic rings. The minimum atomic E-state index is 0.560. The van der Waals surface area contributed by atoms with Crippen LogP contribution in [0.5, 0.6) is 0 Å². The van der Waals surface area contributed by atoms with Crippen LogP contribution < -0.4 is 5.32 Å². The van der Waals surface area contributed by atoms with E-state index in [4.69, 9.17) is 11.6 Å². The van der Waals surface area contributed by atoms with E-state index < -0.39 is 0 Å². The van der Waals surface area contributed by atoms with Crippen LogP contribution in [0, 0.1) is 0 Å². The van der Waals surface area contributed by atoms with Crippen LogP contribution in [0.3, 0.4) is 0 Å². The van der Waals surface area contributed by atoms with Crippen molar-refractivity contribution in [2.24, 2.45) is 0 Å². The van der Waals surface area contributed by atoms with Crippen LogP contribution in [0.4, 0.5) is 0 Å². The van der Waals surface area contributed by atoms with Crippen molar-refractivity contribution < 1.29 is 0 Å². The number of piperazine rings is 1. The Bertz CT molecular complexity index is 307. The zero-order valence-electron chi connectivity index (χ0n) is 9.00. The second-order valence-corrected chi connectivity index (χ2v) is 5.60. The normalized spacial score (nSPS) is 20.4. The molecule has 0 bridgehead atoms. The van der Waals surface area contributed by atoms with Crippen LogP contribution in [0.15, 0.2) is 12.1 Å². The molecule has 1 atom stereocenters. The van der Waals surface area contributed by atoms with E-state index in [1.54, 1.807) is 11.3 Å². The Morgan fingerprint density at radius 3 is 2.73 bits per heavy atom. The lowest BCUT2D eigenvalue weighted by Crippen LogP contribution is -2.44. The fourth-order valence-electron chi connectivity index (χ4n) is 2.14. The third-order valence-electron chi connectivity index (χ3n) is 2.90. The second-order valence-electron chi connectivity index (χ2n) is 3.85. The van der Waals surface area contributed by atoms with Crippen molar-refractivity contribution >= 4 is 22.9 Å². The first-order valence-corrected chi connectivity index (χ1v) is 6.70. The number of hydrogen-bond donors (Lipinski definition) is 1. The third-order valence-corrected chi connectivity index (χ3v) is 4.23. The third kappa shape index (κ3) is 2.72. The van der Waals surface area contributed by atoms with E-state index in [0.29, 0.717) is 6.04 Å².